The Kier molecular flexibility index (Phi) is 7.06. The Labute approximate surface area is 247 Å². The van der Waals surface area contributed by atoms with E-state index in [1.165, 1.54) is 11.9 Å². The molecule has 2 bridgehead atoms. The highest BCUT2D eigenvalue weighted by Gasteiger charge is 2.45. The molecule has 1 amide bonds. The van der Waals surface area contributed by atoms with Gasteiger partial charge in [0, 0.05) is 51.2 Å². The van der Waals surface area contributed by atoms with E-state index in [1.54, 1.807) is 30.0 Å². The summed E-state index contributed by atoms with van der Waals surface area (Å²) in [4.78, 5) is 40.5. The molecular weight excluding hydrogens is 562 g/mol. The molecule has 3 aromatic heterocycles. The molecule has 1 aromatic carbocycles. The molecule has 11 nitrogen and oxygen atoms in total. The van der Waals surface area contributed by atoms with E-state index in [0.29, 0.717) is 28.6 Å². The maximum absolute atomic E-state index is 13.7. The first-order chi connectivity index (χ1) is 19.6. The molecule has 5 heterocycles. The van der Waals surface area contributed by atoms with Crippen molar-refractivity contribution >= 4 is 57.7 Å². The summed E-state index contributed by atoms with van der Waals surface area (Å²) in [6, 6.07) is 7.62. The van der Waals surface area contributed by atoms with Gasteiger partial charge in [-0.2, -0.15) is 5.10 Å². The van der Waals surface area contributed by atoms with E-state index in [9.17, 15) is 9.59 Å². The van der Waals surface area contributed by atoms with Gasteiger partial charge >= 0.3 is 0 Å². The van der Waals surface area contributed by atoms with Gasteiger partial charge in [-0.3, -0.25) is 23.6 Å². The number of fused-ring (bicyclic) bond motifs is 3. The van der Waals surface area contributed by atoms with Crippen LogP contribution in [0.2, 0.25) is 5.15 Å². The number of pyridine rings is 1. The van der Waals surface area contributed by atoms with E-state index in [1.807, 2.05) is 50.1 Å². The minimum atomic E-state index is -0.345. The molecule has 2 aliphatic heterocycles. The van der Waals surface area contributed by atoms with Gasteiger partial charge in [-0.05, 0) is 44.0 Å². The minimum Gasteiger partial charge on any atom is -0.377 e. The number of aryl methyl sites for hydroxylation is 2. The largest absolute Gasteiger partial charge is 0.377 e. The topological polar surface area (TPSA) is 113 Å². The van der Waals surface area contributed by atoms with Crippen molar-refractivity contribution in [3.8, 4) is 0 Å². The van der Waals surface area contributed by atoms with Gasteiger partial charge in [-0.1, -0.05) is 29.6 Å². The van der Waals surface area contributed by atoms with E-state index in [-0.39, 0.29) is 34.4 Å². The van der Waals surface area contributed by atoms with Crippen molar-refractivity contribution in [1.82, 2.24) is 29.0 Å². The quantitative estimate of drug-likeness (QED) is 0.245. The fraction of sp³-hybridized carbons (Fsp3) is 0.393. The Morgan fingerprint density at radius 3 is 2.59 bits per heavy atom. The smallest absolute Gasteiger partial charge is 0.281 e. The van der Waals surface area contributed by atoms with Crippen molar-refractivity contribution in [2.75, 3.05) is 34.5 Å². The summed E-state index contributed by atoms with van der Waals surface area (Å²) < 4.78 is 6.21. The number of carbonyl (C=O) groups is 1. The standard InChI is InChI=1S/C28H32ClN9O2S/c1-15-8-20(16(2)31-22-6-7-23(29)32-25(22)26(39)34-41-5)24-21(9-15)27(40)36(4)28(33-24)38-14-17-10-18(38)13-37(17)19-11-30-35(3)12-19/h6-9,11-12,16-18,31H,10,13-14H2,1-5H3,(H,34,39). The summed E-state index contributed by atoms with van der Waals surface area (Å²) in [7, 11) is 3.73. The molecule has 214 valence electrons. The first kappa shape index (κ1) is 27.4. The van der Waals surface area contributed by atoms with Crippen molar-refractivity contribution in [3.05, 3.63) is 69.0 Å². The number of hydrogen-bond acceptors (Lipinski definition) is 9. The van der Waals surface area contributed by atoms with Crippen LogP contribution in [0.15, 0.2) is 41.5 Å². The zero-order valence-electron chi connectivity index (χ0n) is 23.6. The zero-order chi connectivity index (χ0) is 29.0. The van der Waals surface area contributed by atoms with Gasteiger partial charge < -0.3 is 15.1 Å². The van der Waals surface area contributed by atoms with E-state index in [4.69, 9.17) is 16.6 Å². The molecular formula is C28H32ClN9O2S. The SMILES string of the molecule is CSNC(=O)c1nc(Cl)ccc1NC(C)c1cc(C)cc2c(=O)n(C)c(N3CC4CC3CN4c3cnn(C)c3)nc12. The van der Waals surface area contributed by atoms with Gasteiger partial charge in [0.15, 0.2) is 5.69 Å². The van der Waals surface area contributed by atoms with Crippen LogP contribution in [-0.2, 0) is 14.1 Å². The van der Waals surface area contributed by atoms with Crippen LogP contribution in [0, 0.1) is 6.92 Å². The molecule has 2 aliphatic rings. The lowest BCUT2D eigenvalue weighted by molar-refractivity contribution is 0.0980. The summed E-state index contributed by atoms with van der Waals surface area (Å²) in [5.41, 5.74) is 4.26. The van der Waals surface area contributed by atoms with Crippen molar-refractivity contribution in [2.45, 2.75) is 38.4 Å². The average molecular weight is 594 g/mol. The van der Waals surface area contributed by atoms with Crippen LogP contribution in [0.3, 0.4) is 0 Å². The molecule has 2 fully saturated rings. The third-order valence-corrected chi connectivity index (χ3v) is 8.56. The van der Waals surface area contributed by atoms with Crippen LogP contribution in [0.4, 0.5) is 17.3 Å². The second kappa shape index (κ2) is 10.6. The number of anilines is 3. The molecule has 4 aromatic rings. The van der Waals surface area contributed by atoms with Crippen LogP contribution in [0.25, 0.3) is 10.9 Å². The van der Waals surface area contributed by atoms with Crippen LogP contribution >= 0.6 is 23.5 Å². The summed E-state index contributed by atoms with van der Waals surface area (Å²) in [6.07, 6.45) is 6.73. The number of carbonyl (C=O) groups excluding carboxylic acids is 1. The van der Waals surface area contributed by atoms with E-state index in [2.05, 4.69) is 29.9 Å². The number of halogens is 1. The molecule has 3 atom stereocenters. The molecule has 0 saturated carbocycles. The molecule has 2 N–H and O–H groups in total. The number of hydrogen-bond donors (Lipinski definition) is 2. The third-order valence-electron chi connectivity index (χ3n) is 7.96. The van der Waals surface area contributed by atoms with E-state index in [0.717, 1.165) is 36.3 Å². The number of nitrogens with one attached hydrogen (secondary N) is 2. The first-order valence-electron chi connectivity index (χ1n) is 13.4. The minimum absolute atomic E-state index is 0.0813. The average Bonchev–Trinajstić information content (AvgIpc) is 3.67. The molecule has 0 radical (unpaired) electrons. The summed E-state index contributed by atoms with van der Waals surface area (Å²) >= 11 is 7.30. The van der Waals surface area contributed by atoms with Gasteiger partial charge in [0.1, 0.15) is 5.15 Å². The van der Waals surface area contributed by atoms with Crippen LogP contribution in [-0.4, -0.2) is 61.7 Å². The number of piperazine rings is 1. The molecule has 0 aliphatic carbocycles. The molecule has 13 heteroatoms. The van der Waals surface area contributed by atoms with Crippen LogP contribution in [0.5, 0.6) is 0 Å². The maximum Gasteiger partial charge on any atom is 0.281 e. The summed E-state index contributed by atoms with van der Waals surface area (Å²) in [5.74, 6) is 0.328. The highest BCUT2D eigenvalue weighted by Crippen LogP contribution is 2.37. The van der Waals surface area contributed by atoms with Gasteiger partial charge in [-0.15, -0.1) is 0 Å². The van der Waals surface area contributed by atoms with Gasteiger partial charge in [0.05, 0.1) is 40.6 Å². The highest BCUT2D eigenvalue weighted by atomic mass is 35.5. The third kappa shape index (κ3) is 4.88. The summed E-state index contributed by atoms with van der Waals surface area (Å²) in [5, 5.41) is 8.55. The predicted octanol–water partition coefficient (Wildman–Crippen LogP) is 3.67. The fourth-order valence-electron chi connectivity index (χ4n) is 6.09. The first-order valence-corrected chi connectivity index (χ1v) is 15.0. The number of rotatable bonds is 7. The van der Waals surface area contributed by atoms with Crippen molar-refractivity contribution in [1.29, 1.82) is 0 Å². The number of aromatic nitrogens is 5. The van der Waals surface area contributed by atoms with Gasteiger partial charge in [0.25, 0.3) is 11.5 Å². The predicted molar refractivity (Wildman–Crippen MR) is 164 cm³/mol. The Morgan fingerprint density at radius 2 is 1.90 bits per heavy atom. The van der Waals surface area contributed by atoms with Crippen molar-refractivity contribution in [3.63, 3.8) is 0 Å². The second-order valence-corrected chi connectivity index (χ2v) is 11.8. The van der Waals surface area contributed by atoms with Crippen molar-refractivity contribution < 1.29 is 4.79 Å². The Balaban J connectivity index is 1.36. The molecule has 41 heavy (non-hydrogen) atoms. The van der Waals surface area contributed by atoms with Gasteiger partial charge in [-0.25, -0.2) is 9.97 Å². The van der Waals surface area contributed by atoms with Crippen LogP contribution in [0.1, 0.15) is 41.0 Å². The lowest BCUT2D eigenvalue weighted by Gasteiger charge is -2.36. The maximum atomic E-state index is 13.7. The zero-order valence-corrected chi connectivity index (χ0v) is 25.1. The molecule has 2 saturated heterocycles. The lowest BCUT2D eigenvalue weighted by Crippen LogP contribution is -2.48. The molecule has 3 unspecified atom stereocenters. The molecule has 6 rings (SSSR count). The number of benzene rings is 1. The number of amides is 1. The molecule has 0 spiro atoms. The van der Waals surface area contributed by atoms with Crippen molar-refractivity contribution in [2.24, 2.45) is 14.1 Å². The second-order valence-electron chi connectivity index (χ2n) is 10.8. The summed E-state index contributed by atoms with van der Waals surface area (Å²) in [6.45, 7) is 5.59. The Bertz CT molecular complexity index is 1720. The number of nitrogens with zero attached hydrogens (tertiary/aromatic N) is 7. The normalized spacial score (nSPS) is 18.8. The van der Waals surface area contributed by atoms with Gasteiger partial charge in [0.2, 0.25) is 5.95 Å². The Hall–Kier alpha value is -3.77. The Morgan fingerprint density at radius 1 is 1.15 bits per heavy atom. The lowest BCUT2D eigenvalue weighted by atomic mass is 10.0. The van der Waals surface area contributed by atoms with E-state index >= 15 is 0 Å². The van der Waals surface area contributed by atoms with E-state index < -0.39 is 0 Å². The fourth-order valence-corrected chi connectivity index (χ4v) is 6.52. The monoisotopic (exact) mass is 593 g/mol. The van der Waals surface area contributed by atoms with Crippen LogP contribution < -0.4 is 25.4 Å². The highest BCUT2D eigenvalue weighted by molar-refractivity contribution is 7.97.